The largest absolute Gasteiger partial charge is 0.456 e. The molecule has 0 aliphatic carbocycles. The number of fused-ring (bicyclic) bond motifs is 7. The molecule has 5 nitrogen and oxygen atoms in total. The Bertz CT molecular complexity index is 1670. The van der Waals surface area contributed by atoms with Crippen molar-refractivity contribution in [3.63, 3.8) is 0 Å². The van der Waals surface area contributed by atoms with Gasteiger partial charge in [0.1, 0.15) is 11.5 Å². The highest BCUT2D eigenvalue weighted by Gasteiger charge is 2.53. The quantitative estimate of drug-likeness (QED) is 0.221. The summed E-state index contributed by atoms with van der Waals surface area (Å²) in [7, 11) is 0. The van der Waals surface area contributed by atoms with Gasteiger partial charge in [-0.05, 0) is 87.6 Å². The molecule has 214 valence electrons. The van der Waals surface area contributed by atoms with E-state index >= 15 is 0 Å². The van der Waals surface area contributed by atoms with Crippen molar-refractivity contribution in [1.82, 2.24) is 0 Å². The average Bonchev–Trinajstić information content (AvgIpc) is 3.33. The highest BCUT2D eigenvalue weighted by Crippen LogP contribution is 2.57. The van der Waals surface area contributed by atoms with Gasteiger partial charge in [0, 0.05) is 58.4 Å². The van der Waals surface area contributed by atoms with Crippen LogP contribution in [-0.2, 0) is 16.8 Å². The monoisotopic (exact) mass is 558 g/mol. The molecule has 0 fully saturated rings. The summed E-state index contributed by atoms with van der Waals surface area (Å²) in [4.78, 5) is 18.3. The molecule has 4 aromatic carbocycles. The lowest BCUT2D eigenvalue weighted by atomic mass is 9.77. The van der Waals surface area contributed by atoms with E-state index in [0.29, 0.717) is 17.6 Å². The molecule has 0 aromatic heterocycles. The topological polar surface area (TPSA) is 42.0 Å². The highest BCUT2D eigenvalue weighted by molar-refractivity contribution is 5.97. The van der Waals surface area contributed by atoms with E-state index in [2.05, 4.69) is 98.2 Å². The summed E-state index contributed by atoms with van der Waals surface area (Å²) < 4.78 is 13.2. The maximum Gasteiger partial charge on any atom is 0.340 e. The van der Waals surface area contributed by atoms with Gasteiger partial charge in [-0.3, -0.25) is 0 Å². The molecule has 0 amide bonds. The molecule has 0 saturated heterocycles. The van der Waals surface area contributed by atoms with Crippen LogP contribution in [0.15, 0.2) is 84.9 Å². The van der Waals surface area contributed by atoms with Gasteiger partial charge in [0.15, 0.2) is 5.60 Å². The molecule has 1 spiro atoms. The second kappa shape index (κ2) is 10.2. The third kappa shape index (κ3) is 3.93. The first-order chi connectivity index (χ1) is 20.5. The number of carbonyl (C=O) groups is 1. The predicted octanol–water partition coefficient (Wildman–Crippen LogP) is 8.74. The zero-order valence-electron chi connectivity index (χ0n) is 24.9. The third-order valence-corrected chi connectivity index (χ3v) is 9.53. The molecule has 3 aliphatic heterocycles. The second-order valence-electron chi connectivity index (χ2n) is 11.9. The number of aryl methyl sites for hydroxylation is 1. The maximum absolute atomic E-state index is 13.5. The number of hydrogen-bond donors (Lipinski definition) is 0. The van der Waals surface area contributed by atoms with Crippen molar-refractivity contribution >= 4 is 23.0 Å². The van der Waals surface area contributed by atoms with Gasteiger partial charge in [0.05, 0.1) is 5.56 Å². The summed E-state index contributed by atoms with van der Waals surface area (Å²) in [6, 6.07) is 30.0. The fraction of sp³-hybridized carbons (Fsp3) is 0.324. The van der Waals surface area contributed by atoms with Crippen molar-refractivity contribution in [3.05, 3.63) is 113 Å². The first-order valence-electron chi connectivity index (χ1n) is 15.4. The van der Waals surface area contributed by atoms with Crippen molar-refractivity contribution in [2.24, 2.45) is 0 Å². The smallest absolute Gasteiger partial charge is 0.340 e. The minimum Gasteiger partial charge on any atom is -0.456 e. The lowest BCUT2D eigenvalue weighted by molar-refractivity contribution is 0.0224. The SMILES string of the molecule is CCC(C)N(c1ccc2c(c1)Oc1ccc(N3CCCc4ccccc43)cc1C21OC(=O)c2ccccc21)C(C)CC. The number of rotatable bonds is 6. The minimum atomic E-state index is -1.09. The van der Waals surface area contributed by atoms with Gasteiger partial charge in [-0.25, -0.2) is 4.79 Å². The lowest BCUT2D eigenvalue weighted by Gasteiger charge is -2.40. The van der Waals surface area contributed by atoms with Crippen LogP contribution in [0.4, 0.5) is 17.1 Å². The first kappa shape index (κ1) is 26.6. The Kier molecular flexibility index (Phi) is 6.49. The summed E-state index contributed by atoms with van der Waals surface area (Å²) in [5.74, 6) is 1.15. The van der Waals surface area contributed by atoms with Gasteiger partial charge in [0.2, 0.25) is 0 Å². The van der Waals surface area contributed by atoms with Gasteiger partial charge in [-0.1, -0.05) is 50.2 Å². The van der Waals surface area contributed by atoms with Gasteiger partial charge in [0.25, 0.3) is 0 Å². The van der Waals surface area contributed by atoms with E-state index in [9.17, 15) is 4.79 Å². The predicted molar refractivity (Wildman–Crippen MR) is 168 cm³/mol. The highest BCUT2D eigenvalue weighted by atomic mass is 16.6. The van der Waals surface area contributed by atoms with Crippen molar-refractivity contribution in [3.8, 4) is 11.5 Å². The number of carbonyl (C=O) groups excluding carboxylic acids is 1. The zero-order chi connectivity index (χ0) is 29.0. The maximum atomic E-state index is 13.5. The molecule has 7 rings (SSSR count). The van der Waals surface area contributed by atoms with E-state index in [1.807, 2.05) is 24.3 Å². The molecule has 5 heteroatoms. The van der Waals surface area contributed by atoms with Crippen molar-refractivity contribution in [2.45, 2.75) is 71.1 Å². The van der Waals surface area contributed by atoms with E-state index in [1.165, 1.54) is 11.3 Å². The van der Waals surface area contributed by atoms with Gasteiger partial charge in [-0.2, -0.15) is 0 Å². The summed E-state index contributed by atoms with van der Waals surface area (Å²) >= 11 is 0. The molecule has 3 atom stereocenters. The molecule has 0 radical (unpaired) electrons. The number of esters is 1. The van der Waals surface area contributed by atoms with E-state index in [0.717, 1.165) is 71.8 Å². The van der Waals surface area contributed by atoms with Gasteiger partial charge in [-0.15, -0.1) is 0 Å². The fourth-order valence-electron chi connectivity index (χ4n) is 7.12. The van der Waals surface area contributed by atoms with Gasteiger partial charge < -0.3 is 19.3 Å². The van der Waals surface area contributed by atoms with Crippen LogP contribution < -0.4 is 14.5 Å². The van der Waals surface area contributed by atoms with Crippen molar-refractivity contribution in [1.29, 1.82) is 0 Å². The van der Waals surface area contributed by atoms with Crippen LogP contribution in [-0.4, -0.2) is 24.6 Å². The molecule has 4 aromatic rings. The Hall–Kier alpha value is -4.25. The molecule has 0 N–H and O–H groups in total. The number of ether oxygens (including phenoxy) is 2. The van der Waals surface area contributed by atoms with E-state index < -0.39 is 5.60 Å². The number of hydrogen-bond acceptors (Lipinski definition) is 5. The fourth-order valence-corrected chi connectivity index (χ4v) is 7.12. The lowest BCUT2D eigenvalue weighted by Crippen LogP contribution is -2.40. The Morgan fingerprint density at radius 3 is 2.40 bits per heavy atom. The molecule has 3 aliphatic rings. The van der Waals surface area contributed by atoms with Crippen molar-refractivity contribution in [2.75, 3.05) is 16.3 Å². The number of benzene rings is 4. The Balaban J connectivity index is 1.42. The molecular formula is C37H38N2O3. The summed E-state index contributed by atoms with van der Waals surface area (Å²) in [5.41, 5.74) is 6.90. The Morgan fingerprint density at radius 2 is 1.60 bits per heavy atom. The van der Waals surface area contributed by atoms with Crippen molar-refractivity contribution < 1.29 is 14.3 Å². The van der Waals surface area contributed by atoms with E-state index in [4.69, 9.17) is 9.47 Å². The van der Waals surface area contributed by atoms with Crippen LogP contribution in [0.5, 0.6) is 11.5 Å². The van der Waals surface area contributed by atoms with Crippen LogP contribution in [0, 0.1) is 0 Å². The molecule has 42 heavy (non-hydrogen) atoms. The molecule has 3 unspecified atom stereocenters. The zero-order valence-corrected chi connectivity index (χ0v) is 24.9. The number of para-hydroxylation sites is 1. The first-order valence-corrected chi connectivity index (χ1v) is 15.4. The summed E-state index contributed by atoms with van der Waals surface area (Å²) in [5, 5.41) is 0. The molecule has 0 saturated carbocycles. The third-order valence-electron chi connectivity index (χ3n) is 9.53. The number of anilines is 3. The van der Waals surface area contributed by atoms with Gasteiger partial charge >= 0.3 is 5.97 Å². The minimum absolute atomic E-state index is 0.303. The summed E-state index contributed by atoms with van der Waals surface area (Å²) in [6.45, 7) is 9.94. The Morgan fingerprint density at radius 1 is 0.833 bits per heavy atom. The van der Waals surface area contributed by atoms with Crippen LogP contribution in [0.2, 0.25) is 0 Å². The number of nitrogens with zero attached hydrogens (tertiary/aromatic N) is 2. The molecule has 0 bridgehead atoms. The standard InChI is InChI=1S/C37H38N2O3/c1-5-24(3)39(25(4)6-2)28-17-19-31-35(23-28)41-34-20-18-27(38-21-11-13-26-12-7-10-16-33(26)38)22-32(34)37(31)30-15-9-8-14-29(30)36(40)42-37/h7-10,12,14-20,22-25H,5-6,11,13,21H2,1-4H3. The van der Waals surface area contributed by atoms with Crippen LogP contribution >= 0.6 is 0 Å². The molecular weight excluding hydrogens is 520 g/mol. The van der Waals surface area contributed by atoms with E-state index in [-0.39, 0.29) is 5.97 Å². The van der Waals surface area contributed by atoms with Crippen LogP contribution in [0.25, 0.3) is 0 Å². The Labute approximate surface area is 248 Å². The molecule has 3 heterocycles. The van der Waals surface area contributed by atoms with Crippen LogP contribution in [0.1, 0.15) is 79.6 Å². The van der Waals surface area contributed by atoms with E-state index in [1.54, 1.807) is 0 Å². The average molecular weight is 559 g/mol. The van der Waals surface area contributed by atoms with Crippen LogP contribution in [0.3, 0.4) is 0 Å². The normalized spacial score (nSPS) is 19.6. The summed E-state index contributed by atoms with van der Waals surface area (Å²) in [6.07, 6.45) is 4.25. The second-order valence-corrected chi connectivity index (χ2v) is 11.9.